The van der Waals surface area contributed by atoms with Crippen LogP contribution in [0.2, 0.25) is 0 Å². The van der Waals surface area contributed by atoms with Gasteiger partial charge < -0.3 is 9.47 Å². The molecule has 5 heteroatoms. The Labute approximate surface area is 151 Å². The lowest BCUT2D eigenvalue weighted by molar-refractivity contribution is 0.0961. The number of carbonyl (C=O) groups excluding carboxylic acids is 3. The molecule has 0 aliphatic heterocycles. The number of carbonyl (C=O) groups is 3. The summed E-state index contributed by atoms with van der Waals surface area (Å²) in [6.07, 6.45) is 3.18. The van der Waals surface area contributed by atoms with E-state index in [4.69, 9.17) is 9.47 Å². The first-order chi connectivity index (χ1) is 12.6. The molecule has 2 aromatic carbocycles. The number of hydrogen-bond acceptors (Lipinski definition) is 5. The first-order valence-corrected chi connectivity index (χ1v) is 8.79. The summed E-state index contributed by atoms with van der Waals surface area (Å²) in [4.78, 5) is 36.9. The van der Waals surface area contributed by atoms with Crippen molar-refractivity contribution >= 4 is 17.7 Å². The smallest absolute Gasteiger partial charge is 0.434 e. The Balaban J connectivity index is 1.70. The second-order valence-corrected chi connectivity index (χ2v) is 6.17. The third-order valence-electron chi connectivity index (χ3n) is 4.32. The quantitative estimate of drug-likeness (QED) is 0.369. The van der Waals surface area contributed by atoms with E-state index in [0.29, 0.717) is 23.3 Å². The van der Waals surface area contributed by atoms with E-state index in [2.05, 4.69) is 6.92 Å². The molecular formula is C21H20O5. The summed E-state index contributed by atoms with van der Waals surface area (Å²) in [6, 6.07) is 11.1. The highest BCUT2D eigenvalue weighted by atomic mass is 16.7. The first kappa shape index (κ1) is 17.9. The van der Waals surface area contributed by atoms with Crippen molar-refractivity contribution in [1.82, 2.24) is 0 Å². The van der Waals surface area contributed by atoms with E-state index < -0.39 is 6.16 Å². The lowest BCUT2D eigenvalue weighted by Gasteiger charge is -2.17. The number of fused-ring (bicyclic) bond motifs is 2. The number of rotatable bonds is 6. The highest BCUT2D eigenvalue weighted by Gasteiger charge is 2.29. The van der Waals surface area contributed by atoms with Crippen molar-refractivity contribution < 1.29 is 23.9 Å². The predicted octanol–water partition coefficient (Wildman–Crippen LogP) is 4.56. The summed E-state index contributed by atoms with van der Waals surface area (Å²) in [5.41, 5.74) is 1.31. The average molecular weight is 352 g/mol. The summed E-state index contributed by atoms with van der Waals surface area (Å²) in [5.74, 6) is -0.281. The Kier molecular flexibility index (Phi) is 5.46. The van der Waals surface area contributed by atoms with Crippen LogP contribution >= 0.6 is 0 Å². The van der Waals surface area contributed by atoms with Crippen molar-refractivity contribution in [1.29, 1.82) is 0 Å². The van der Waals surface area contributed by atoms with Crippen molar-refractivity contribution in [2.24, 2.45) is 0 Å². The van der Waals surface area contributed by atoms with E-state index in [9.17, 15) is 14.4 Å². The molecule has 0 radical (unpaired) electrons. The van der Waals surface area contributed by atoms with E-state index in [1.54, 1.807) is 24.3 Å². The zero-order chi connectivity index (χ0) is 18.5. The summed E-state index contributed by atoms with van der Waals surface area (Å²) in [6.45, 7) is 2.41. The molecule has 5 nitrogen and oxygen atoms in total. The fourth-order valence-corrected chi connectivity index (χ4v) is 2.95. The van der Waals surface area contributed by atoms with Gasteiger partial charge in [-0.15, -0.1) is 0 Å². The number of unbranched alkanes of at least 4 members (excludes halogenated alkanes) is 3. The van der Waals surface area contributed by atoms with Crippen LogP contribution in [0.1, 0.15) is 64.4 Å². The van der Waals surface area contributed by atoms with Crippen molar-refractivity contribution in [3.05, 3.63) is 64.7 Å². The summed E-state index contributed by atoms with van der Waals surface area (Å²) in [7, 11) is 0. The van der Waals surface area contributed by atoms with E-state index in [0.717, 1.165) is 25.7 Å². The minimum absolute atomic E-state index is 0.183. The minimum Gasteiger partial charge on any atom is -0.434 e. The number of benzene rings is 2. The van der Waals surface area contributed by atoms with Crippen molar-refractivity contribution in [3.8, 4) is 5.75 Å². The maximum Gasteiger partial charge on any atom is 0.513 e. The maximum absolute atomic E-state index is 12.6. The third-order valence-corrected chi connectivity index (χ3v) is 4.32. The van der Waals surface area contributed by atoms with Gasteiger partial charge in [0.05, 0.1) is 6.61 Å². The molecule has 0 aromatic heterocycles. The van der Waals surface area contributed by atoms with Crippen LogP contribution in [0, 0.1) is 0 Å². The van der Waals surface area contributed by atoms with Gasteiger partial charge in [-0.05, 0) is 24.6 Å². The third kappa shape index (κ3) is 3.67. The Bertz CT molecular complexity index is 853. The number of ether oxygens (including phenoxy) is 2. The minimum atomic E-state index is -0.809. The molecule has 3 rings (SSSR count). The molecule has 26 heavy (non-hydrogen) atoms. The predicted molar refractivity (Wildman–Crippen MR) is 95.9 cm³/mol. The zero-order valence-corrected chi connectivity index (χ0v) is 14.6. The molecule has 0 saturated heterocycles. The number of ketones is 2. The zero-order valence-electron chi connectivity index (χ0n) is 14.6. The lowest BCUT2D eigenvalue weighted by atomic mass is 9.84. The standard InChI is InChI=1S/C21H20O5/c1-2-3-4-7-12-25-21(24)26-14-10-11-17-18(13-14)20(23)16-9-6-5-8-15(16)19(17)22/h5-6,8-11,13H,2-4,7,12H2,1H3. The first-order valence-electron chi connectivity index (χ1n) is 8.79. The molecule has 0 atom stereocenters. The largest absolute Gasteiger partial charge is 0.513 e. The summed E-state index contributed by atoms with van der Waals surface area (Å²) in [5, 5.41) is 0. The molecule has 134 valence electrons. The average Bonchev–Trinajstić information content (AvgIpc) is 2.66. The molecule has 0 fully saturated rings. The van der Waals surface area contributed by atoms with Crippen LogP contribution in [-0.4, -0.2) is 24.3 Å². The van der Waals surface area contributed by atoms with Crippen LogP contribution in [0.15, 0.2) is 42.5 Å². The molecule has 0 bridgehead atoms. The Morgan fingerprint density at radius 2 is 1.50 bits per heavy atom. The molecular weight excluding hydrogens is 332 g/mol. The van der Waals surface area contributed by atoms with E-state index in [1.165, 1.54) is 18.2 Å². The van der Waals surface area contributed by atoms with Gasteiger partial charge in [-0.2, -0.15) is 0 Å². The van der Waals surface area contributed by atoms with Gasteiger partial charge in [0.2, 0.25) is 0 Å². The normalized spacial score (nSPS) is 12.3. The molecule has 0 unspecified atom stereocenters. The molecule has 2 aromatic rings. The lowest BCUT2D eigenvalue weighted by Crippen LogP contribution is -2.21. The number of hydrogen-bond donors (Lipinski definition) is 0. The van der Waals surface area contributed by atoms with Crippen LogP contribution in [-0.2, 0) is 4.74 Å². The fourth-order valence-electron chi connectivity index (χ4n) is 2.95. The van der Waals surface area contributed by atoms with E-state index >= 15 is 0 Å². The Hall–Kier alpha value is -2.95. The Morgan fingerprint density at radius 3 is 2.19 bits per heavy atom. The van der Waals surface area contributed by atoms with Gasteiger partial charge in [0.15, 0.2) is 11.6 Å². The van der Waals surface area contributed by atoms with Gasteiger partial charge in [-0.1, -0.05) is 50.5 Å². The second-order valence-electron chi connectivity index (χ2n) is 6.17. The summed E-state index contributed by atoms with van der Waals surface area (Å²) >= 11 is 0. The molecule has 0 spiro atoms. The van der Waals surface area contributed by atoms with Crippen molar-refractivity contribution in [3.63, 3.8) is 0 Å². The Morgan fingerprint density at radius 1 is 0.846 bits per heavy atom. The highest BCUT2D eigenvalue weighted by molar-refractivity contribution is 6.28. The topological polar surface area (TPSA) is 69.7 Å². The molecule has 0 heterocycles. The molecule has 0 saturated carbocycles. The van der Waals surface area contributed by atoms with Gasteiger partial charge >= 0.3 is 6.16 Å². The maximum atomic E-state index is 12.6. The molecule has 0 amide bonds. The molecule has 1 aliphatic rings. The van der Waals surface area contributed by atoms with Gasteiger partial charge in [0.25, 0.3) is 0 Å². The van der Waals surface area contributed by atoms with E-state index in [1.807, 2.05) is 0 Å². The second kappa shape index (κ2) is 7.95. The van der Waals surface area contributed by atoms with Gasteiger partial charge in [0.1, 0.15) is 5.75 Å². The highest BCUT2D eigenvalue weighted by Crippen LogP contribution is 2.29. The monoisotopic (exact) mass is 352 g/mol. The van der Waals surface area contributed by atoms with Crippen LogP contribution in [0.5, 0.6) is 5.75 Å². The van der Waals surface area contributed by atoms with Crippen LogP contribution in [0.3, 0.4) is 0 Å². The van der Waals surface area contributed by atoms with Gasteiger partial charge in [-0.3, -0.25) is 9.59 Å². The fraction of sp³-hybridized carbons (Fsp3) is 0.286. The van der Waals surface area contributed by atoms with Crippen LogP contribution in [0.25, 0.3) is 0 Å². The van der Waals surface area contributed by atoms with Gasteiger partial charge in [0, 0.05) is 22.3 Å². The SMILES string of the molecule is CCCCCCOC(=O)Oc1ccc2c(c1)C(=O)c1ccccc1C2=O. The van der Waals surface area contributed by atoms with Crippen molar-refractivity contribution in [2.75, 3.05) is 6.61 Å². The molecule has 0 N–H and O–H groups in total. The van der Waals surface area contributed by atoms with Crippen LogP contribution < -0.4 is 4.74 Å². The van der Waals surface area contributed by atoms with Gasteiger partial charge in [-0.25, -0.2) is 4.79 Å². The summed E-state index contributed by atoms with van der Waals surface area (Å²) < 4.78 is 10.2. The van der Waals surface area contributed by atoms with Crippen molar-refractivity contribution in [2.45, 2.75) is 32.6 Å². The van der Waals surface area contributed by atoms with Crippen LogP contribution in [0.4, 0.5) is 4.79 Å². The molecule has 1 aliphatic carbocycles. The van der Waals surface area contributed by atoms with E-state index in [-0.39, 0.29) is 22.9 Å².